The van der Waals surface area contributed by atoms with Gasteiger partial charge in [-0.15, -0.1) is 11.8 Å². The van der Waals surface area contributed by atoms with Crippen LogP contribution in [0.5, 0.6) is 0 Å². The monoisotopic (exact) mass is 301 g/mol. The molecule has 0 radical (unpaired) electrons. The highest BCUT2D eigenvalue weighted by molar-refractivity contribution is 8.12. The number of sulfonamides is 1. The molecule has 1 unspecified atom stereocenters. The van der Waals surface area contributed by atoms with E-state index >= 15 is 0 Å². The number of thioether (sulfide) groups is 1. The van der Waals surface area contributed by atoms with E-state index in [1.807, 2.05) is 0 Å². The molecule has 1 atom stereocenters. The molecular weight excluding hydrogens is 286 g/mol. The van der Waals surface area contributed by atoms with E-state index in [-0.39, 0.29) is 5.56 Å². The van der Waals surface area contributed by atoms with Crippen LogP contribution in [0, 0.1) is 0 Å². The molecule has 19 heavy (non-hydrogen) atoms. The van der Waals surface area contributed by atoms with Crippen LogP contribution in [0.25, 0.3) is 0 Å². The van der Waals surface area contributed by atoms with Crippen molar-refractivity contribution in [1.82, 2.24) is 9.73 Å². The van der Waals surface area contributed by atoms with Gasteiger partial charge in [-0.1, -0.05) is 18.2 Å². The molecule has 1 heterocycles. The number of nitrogens with one attached hydrogen (secondary N) is 1. The van der Waals surface area contributed by atoms with Crippen LogP contribution in [-0.4, -0.2) is 42.2 Å². The molecule has 1 fully saturated rings. The van der Waals surface area contributed by atoms with Gasteiger partial charge in [-0.3, -0.25) is 4.79 Å². The number of nitrogens with two attached hydrogens (primary N) is 1. The SMILES string of the molecule is NN(C(=O)c1ccccc1)S(=O)(=O)C1CNCCS1. The van der Waals surface area contributed by atoms with Gasteiger partial charge in [0.15, 0.2) is 0 Å². The van der Waals surface area contributed by atoms with Crippen molar-refractivity contribution >= 4 is 27.7 Å². The number of hydrazine groups is 1. The molecule has 1 aromatic rings. The van der Waals surface area contributed by atoms with E-state index in [9.17, 15) is 13.2 Å². The highest BCUT2D eigenvalue weighted by Crippen LogP contribution is 2.22. The fourth-order valence-corrected chi connectivity index (χ4v) is 4.62. The van der Waals surface area contributed by atoms with Gasteiger partial charge in [-0.25, -0.2) is 14.3 Å². The third-order valence-electron chi connectivity index (χ3n) is 2.72. The van der Waals surface area contributed by atoms with Gasteiger partial charge >= 0.3 is 0 Å². The Balaban J connectivity index is 2.18. The maximum atomic E-state index is 12.2. The van der Waals surface area contributed by atoms with Gasteiger partial charge < -0.3 is 5.32 Å². The van der Waals surface area contributed by atoms with Crippen LogP contribution in [0.15, 0.2) is 30.3 Å². The third-order valence-corrected chi connectivity index (χ3v) is 6.38. The first kappa shape index (κ1) is 14.3. The van der Waals surface area contributed by atoms with E-state index in [1.165, 1.54) is 23.9 Å². The molecule has 1 saturated heterocycles. The minimum atomic E-state index is -3.85. The summed E-state index contributed by atoms with van der Waals surface area (Å²) in [6, 6.07) is 8.12. The fraction of sp³-hybridized carbons (Fsp3) is 0.364. The smallest absolute Gasteiger partial charge is 0.281 e. The van der Waals surface area contributed by atoms with Crippen molar-refractivity contribution in [3.63, 3.8) is 0 Å². The van der Waals surface area contributed by atoms with Crippen molar-refractivity contribution in [1.29, 1.82) is 0 Å². The van der Waals surface area contributed by atoms with E-state index in [2.05, 4.69) is 5.32 Å². The summed E-state index contributed by atoms with van der Waals surface area (Å²) in [7, 11) is -3.85. The average molecular weight is 301 g/mol. The summed E-state index contributed by atoms with van der Waals surface area (Å²) >= 11 is 1.29. The van der Waals surface area contributed by atoms with Crippen molar-refractivity contribution in [3.8, 4) is 0 Å². The average Bonchev–Trinajstić information content (AvgIpc) is 2.47. The third kappa shape index (κ3) is 3.08. The van der Waals surface area contributed by atoms with Gasteiger partial charge in [-0.2, -0.15) is 4.41 Å². The molecule has 0 spiro atoms. The molecule has 1 amide bonds. The summed E-state index contributed by atoms with van der Waals surface area (Å²) in [4.78, 5) is 12.0. The quantitative estimate of drug-likeness (QED) is 0.464. The maximum Gasteiger partial charge on any atom is 0.281 e. The van der Waals surface area contributed by atoms with Gasteiger partial charge in [0.25, 0.3) is 15.9 Å². The topological polar surface area (TPSA) is 92.5 Å². The number of amides is 1. The Bertz CT molecular complexity index is 542. The lowest BCUT2D eigenvalue weighted by Gasteiger charge is -2.26. The molecule has 3 N–H and O–H groups in total. The van der Waals surface area contributed by atoms with Crippen LogP contribution in [0.2, 0.25) is 0 Å². The number of rotatable bonds is 3. The Morgan fingerprint density at radius 2 is 2.05 bits per heavy atom. The van der Waals surface area contributed by atoms with E-state index in [0.717, 1.165) is 6.54 Å². The highest BCUT2D eigenvalue weighted by Gasteiger charge is 2.35. The first-order chi connectivity index (χ1) is 9.03. The molecule has 2 rings (SSSR count). The molecule has 8 heteroatoms. The zero-order chi connectivity index (χ0) is 13.9. The lowest BCUT2D eigenvalue weighted by molar-refractivity contribution is 0.0861. The van der Waals surface area contributed by atoms with Gasteiger partial charge in [-0.05, 0) is 12.1 Å². The largest absolute Gasteiger partial charge is 0.314 e. The maximum absolute atomic E-state index is 12.2. The summed E-state index contributed by atoms with van der Waals surface area (Å²) < 4.78 is 24.1. The van der Waals surface area contributed by atoms with Crippen molar-refractivity contribution in [2.45, 2.75) is 4.58 Å². The second-order valence-corrected chi connectivity index (χ2v) is 7.62. The number of hydrogen-bond acceptors (Lipinski definition) is 6. The molecular formula is C11H15N3O3S2. The van der Waals surface area contributed by atoms with E-state index in [4.69, 9.17) is 5.84 Å². The van der Waals surface area contributed by atoms with Crippen LogP contribution < -0.4 is 11.2 Å². The minimum absolute atomic E-state index is 0.252. The standard InChI is InChI=1S/C11H15N3O3S2/c12-14(11(15)9-4-2-1-3-5-9)19(16,17)10-8-13-6-7-18-10/h1-5,10,13H,6-8,12H2. The molecule has 1 aromatic carbocycles. The molecule has 0 aliphatic carbocycles. The lowest BCUT2D eigenvalue weighted by Crippen LogP contribution is -2.50. The summed E-state index contributed by atoms with van der Waals surface area (Å²) in [5.41, 5.74) is 0.252. The van der Waals surface area contributed by atoms with Gasteiger partial charge in [0.1, 0.15) is 4.58 Å². The van der Waals surface area contributed by atoms with Crippen molar-refractivity contribution < 1.29 is 13.2 Å². The predicted molar refractivity (Wildman–Crippen MR) is 74.8 cm³/mol. The number of carbonyl (C=O) groups is 1. The Hall–Kier alpha value is -1.09. The Kier molecular flexibility index (Phi) is 4.46. The lowest BCUT2D eigenvalue weighted by atomic mass is 10.2. The molecule has 6 nitrogen and oxygen atoms in total. The summed E-state index contributed by atoms with van der Waals surface area (Å²) in [6.07, 6.45) is 0. The number of nitrogens with zero attached hydrogens (tertiary/aromatic N) is 1. The molecule has 0 saturated carbocycles. The fourth-order valence-electron chi connectivity index (χ4n) is 1.68. The summed E-state index contributed by atoms with van der Waals surface area (Å²) in [5.74, 6) is 5.47. The first-order valence-corrected chi connectivity index (χ1v) is 8.29. The number of carbonyl (C=O) groups excluding carboxylic acids is 1. The zero-order valence-electron chi connectivity index (χ0n) is 10.2. The molecule has 1 aliphatic heterocycles. The summed E-state index contributed by atoms with van der Waals surface area (Å²) in [5, 5.41) is 2.98. The van der Waals surface area contributed by atoms with Crippen LogP contribution >= 0.6 is 11.8 Å². The van der Waals surface area contributed by atoms with Crippen LogP contribution in [-0.2, 0) is 10.0 Å². The summed E-state index contributed by atoms with van der Waals surface area (Å²) in [6.45, 7) is 1.05. The first-order valence-electron chi connectivity index (χ1n) is 5.74. The van der Waals surface area contributed by atoms with Crippen LogP contribution in [0.4, 0.5) is 0 Å². The van der Waals surface area contributed by atoms with E-state index in [1.54, 1.807) is 18.2 Å². The van der Waals surface area contributed by atoms with Crippen LogP contribution in [0.1, 0.15) is 10.4 Å². The highest BCUT2D eigenvalue weighted by atomic mass is 32.3. The molecule has 0 aromatic heterocycles. The van der Waals surface area contributed by atoms with E-state index in [0.29, 0.717) is 16.7 Å². The van der Waals surface area contributed by atoms with Crippen molar-refractivity contribution in [2.24, 2.45) is 5.84 Å². The van der Waals surface area contributed by atoms with Gasteiger partial charge in [0.2, 0.25) is 0 Å². The Morgan fingerprint density at radius 3 is 2.63 bits per heavy atom. The Morgan fingerprint density at radius 1 is 1.37 bits per heavy atom. The molecule has 0 bridgehead atoms. The normalized spacial score (nSPS) is 19.9. The molecule has 104 valence electrons. The van der Waals surface area contributed by atoms with E-state index < -0.39 is 20.5 Å². The van der Waals surface area contributed by atoms with Crippen molar-refractivity contribution in [2.75, 3.05) is 18.8 Å². The Labute approximate surface area is 116 Å². The van der Waals surface area contributed by atoms with Gasteiger partial charge in [0, 0.05) is 24.4 Å². The zero-order valence-corrected chi connectivity index (χ0v) is 11.8. The van der Waals surface area contributed by atoms with Crippen LogP contribution in [0.3, 0.4) is 0 Å². The minimum Gasteiger partial charge on any atom is -0.314 e. The molecule has 1 aliphatic rings. The number of benzene rings is 1. The van der Waals surface area contributed by atoms with Crippen molar-refractivity contribution in [3.05, 3.63) is 35.9 Å². The predicted octanol–water partition coefficient (Wildman–Crippen LogP) is -0.00520. The second-order valence-electron chi connectivity index (χ2n) is 4.02. The van der Waals surface area contributed by atoms with Gasteiger partial charge in [0.05, 0.1) is 0 Å². The number of hydrogen-bond donors (Lipinski definition) is 2. The second kappa shape index (κ2) is 5.91.